The molecule has 0 spiro atoms. The summed E-state index contributed by atoms with van der Waals surface area (Å²) in [6, 6.07) is 0. The topological polar surface area (TPSA) is 124 Å². The molecule has 6 rings (SSSR count). The molecule has 6 fully saturated rings. The highest BCUT2D eigenvalue weighted by atomic mass is 16.7. The molecule has 53 heavy (non-hydrogen) atoms. The van der Waals surface area contributed by atoms with E-state index in [0.717, 1.165) is 51.4 Å². The van der Waals surface area contributed by atoms with Gasteiger partial charge in [0, 0.05) is 33.1 Å². The first-order valence-electron chi connectivity index (χ1n) is 20.3. The fourth-order valence-corrected chi connectivity index (χ4v) is 14.0. The average Bonchev–Trinajstić information content (AvgIpc) is 3.43. The molecule has 10 heteroatoms. The third kappa shape index (κ3) is 6.67. The molecule has 0 bridgehead atoms. The normalized spacial score (nSPS) is 45.6. The van der Waals surface area contributed by atoms with E-state index in [4.69, 9.17) is 28.4 Å². The first kappa shape index (κ1) is 40.2. The summed E-state index contributed by atoms with van der Waals surface area (Å²) >= 11 is 0. The number of carbonyl (C=O) groups is 4. The third-order valence-corrected chi connectivity index (χ3v) is 16.3. The number of hydrogen-bond acceptors (Lipinski definition) is 10. The summed E-state index contributed by atoms with van der Waals surface area (Å²) in [5.74, 6) is 0.461. The van der Waals surface area contributed by atoms with Crippen molar-refractivity contribution in [1.29, 1.82) is 0 Å². The number of esters is 4. The molecule has 10 nitrogen and oxygen atoms in total. The lowest BCUT2D eigenvalue weighted by Gasteiger charge is -2.73. The maximum Gasteiger partial charge on any atom is 0.303 e. The highest BCUT2D eigenvalue weighted by molar-refractivity contribution is 5.68. The third-order valence-electron chi connectivity index (χ3n) is 16.3. The van der Waals surface area contributed by atoms with Crippen LogP contribution in [0.2, 0.25) is 0 Å². The molecule has 5 aliphatic carbocycles. The number of allylic oxidation sites excluding steroid dienone is 1. The summed E-state index contributed by atoms with van der Waals surface area (Å²) in [6.45, 7) is 25.0. The van der Waals surface area contributed by atoms with Gasteiger partial charge in [0.2, 0.25) is 0 Å². The van der Waals surface area contributed by atoms with Gasteiger partial charge < -0.3 is 28.4 Å². The molecule has 1 aliphatic heterocycles. The van der Waals surface area contributed by atoms with E-state index in [-0.39, 0.29) is 45.8 Å². The fraction of sp³-hybridized carbons (Fsp3) is 0.860. The Bertz CT molecular complexity index is 1470. The molecular formula is C43H66O10. The summed E-state index contributed by atoms with van der Waals surface area (Å²) in [7, 11) is 0. The summed E-state index contributed by atoms with van der Waals surface area (Å²) < 4.78 is 35.6. The predicted octanol–water partition coefficient (Wildman–Crippen LogP) is 7.74. The van der Waals surface area contributed by atoms with Crippen LogP contribution in [0.25, 0.3) is 0 Å². The van der Waals surface area contributed by atoms with Crippen LogP contribution in [-0.2, 0) is 47.6 Å². The highest BCUT2D eigenvalue weighted by Crippen LogP contribution is 2.77. The van der Waals surface area contributed by atoms with Crippen molar-refractivity contribution in [2.75, 3.05) is 13.2 Å². The molecule has 298 valence electrons. The zero-order valence-electron chi connectivity index (χ0n) is 34.0. The number of ether oxygens (including phenoxy) is 6. The minimum Gasteiger partial charge on any atom is -0.462 e. The molecule has 0 radical (unpaired) electrons. The van der Waals surface area contributed by atoms with Crippen molar-refractivity contribution in [2.45, 2.75) is 164 Å². The van der Waals surface area contributed by atoms with Gasteiger partial charge in [-0.3, -0.25) is 19.2 Å². The van der Waals surface area contributed by atoms with Crippen molar-refractivity contribution in [1.82, 2.24) is 0 Å². The van der Waals surface area contributed by atoms with E-state index in [9.17, 15) is 19.2 Å². The van der Waals surface area contributed by atoms with Crippen LogP contribution in [-0.4, -0.2) is 67.8 Å². The molecule has 0 N–H and O–H groups in total. The van der Waals surface area contributed by atoms with Gasteiger partial charge in [-0.25, -0.2) is 0 Å². The Balaban J connectivity index is 1.27. The lowest BCUT2D eigenvalue weighted by atomic mass is 9.32. The smallest absolute Gasteiger partial charge is 0.303 e. The quantitative estimate of drug-likeness (QED) is 0.139. The fourth-order valence-electron chi connectivity index (χ4n) is 14.0. The number of hydrogen-bond donors (Lipinski definition) is 0. The summed E-state index contributed by atoms with van der Waals surface area (Å²) in [5.41, 5.74) is 1.51. The van der Waals surface area contributed by atoms with E-state index >= 15 is 0 Å². The van der Waals surface area contributed by atoms with Crippen LogP contribution in [0.5, 0.6) is 0 Å². The molecule has 0 aromatic heterocycles. The van der Waals surface area contributed by atoms with Crippen LogP contribution in [0.15, 0.2) is 12.2 Å². The zero-order valence-corrected chi connectivity index (χ0v) is 34.0. The first-order chi connectivity index (χ1) is 24.7. The van der Waals surface area contributed by atoms with Gasteiger partial charge in [-0.2, -0.15) is 0 Å². The largest absolute Gasteiger partial charge is 0.462 e. The molecule has 0 aromatic rings. The van der Waals surface area contributed by atoms with Crippen molar-refractivity contribution in [3.63, 3.8) is 0 Å². The average molecular weight is 743 g/mol. The number of rotatable bonds is 8. The van der Waals surface area contributed by atoms with E-state index in [2.05, 4.69) is 48.1 Å². The zero-order chi connectivity index (χ0) is 38.9. The highest BCUT2D eigenvalue weighted by Gasteiger charge is 2.71. The van der Waals surface area contributed by atoms with Crippen molar-refractivity contribution < 1.29 is 47.6 Å². The predicted molar refractivity (Wildman–Crippen MR) is 197 cm³/mol. The molecular weight excluding hydrogens is 676 g/mol. The van der Waals surface area contributed by atoms with Crippen molar-refractivity contribution in [2.24, 2.45) is 56.7 Å². The van der Waals surface area contributed by atoms with E-state index in [1.54, 1.807) is 6.92 Å². The Morgan fingerprint density at radius 1 is 0.660 bits per heavy atom. The van der Waals surface area contributed by atoms with Crippen molar-refractivity contribution in [3.05, 3.63) is 12.2 Å². The van der Waals surface area contributed by atoms with Gasteiger partial charge in [0.15, 0.2) is 24.6 Å². The SMILES string of the molecule is C=C(C)[C@@H]1CC[C@]2(CO[C@@H]3OC[C@@H](OC(C)=O)[C@H](OC(C)=O)[C@H]3OC(C)=O)CC[C@]3(C)[C@H](CC[C@@H]4[C@@]5(C)CC[C@H](OC(C)=O)C(C)(C)[C@@H]5CC[C@]43C)[C@@H]12. The standard InChI is InChI=1S/C43H66O10/c1-24(2)29-14-19-43(23-49-38-37(53-28(6)47)36(52-27(5)46)31(22-48-38)50-25(3)44)21-20-41(10)30(35(29)43)12-13-33-40(9)17-16-34(51-26(4)45)39(7,8)32(40)15-18-42(33,41)11/h29-38H,1,12-23H2,2-11H3/t29-,30+,31+,32-,33+,34-,35+,36-,37+,38-,40-,41+,42+,43+/m0/s1. The van der Waals surface area contributed by atoms with Gasteiger partial charge in [-0.15, -0.1) is 0 Å². The number of carbonyl (C=O) groups excluding carboxylic acids is 4. The maximum atomic E-state index is 12.4. The van der Waals surface area contributed by atoms with Gasteiger partial charge >= 0.3 is 23.9 Å². The Morgan fingerprint density at radius 2 is 1.30 bits per heavy atom. The van der Waals surface area contributed by atoms with Gasteiger partial charge in [-0.05, 0) is 122 Å². The lowest BCUT2D eigenvalue weighted by molar-refractivity contribution is -0.293. The number of fused-ring (bicyclic) bond motifs is 7. The second kappa shape index (κ2) is 14.2. The molecule has 1 heterocycles. The van der Waals surface area contributed by atoms with Gasteiger partial charge in [0.05, 0.1) is 13.2 Å². The summed E-state index contributed by atoms with van der Waals surface area (Å²) in [6.07, 6.45) is 6.78. The summed E-state index contributed by atoms with van der Waals surface area (Å²) in [4.78, 5) is 48.6. The molecule has 5 saturated carbocycles. The molecule has 14 atom stereocenters. The Kier molecular flexibility index (Phi) is 10.8. The van der Waals surface area contributed by atoms with Crippen LogP contribution in [0.3, 0.4) is 0 Å². The molecule has 6 aliphatic rings. The van der Waals surface area contributed by atoms with Gasteiger partial charge in [-0.1, -0.05) is 46.8 Å². The van der Waals surface area contributed by atoms with Crippen LogP contribution in [0.4, 0.5) is 0 Å². The first-order valence-corrected chi connectivity index (χ1v) is 20.3. The van der Waals surface area contributed by atoms with Gasteiger partial charge in [0.25, 0.3) is 0 Å². The molecule has 1 saturated heterocycles. The van der Waals surface area contributed by atoms with E-state index in [0.29, 0.717) is 36.2 Å². The maximum absolute atomic E-state index is 12.4. The van der Waals surface area contributed by atoms with Crippen LogP contribution in [0, 0.1) is 56.7 Å². The van der Waals surface area contributed by atoms with Crippen LogP contribution >= 0.6 is 0 Å². The van der Waals surface area contributed by atoms with Gasteiger partial charge in [0.1, 0.15) is 6.10 Å². The molecule has 0 aromatic carbocycles. The molecule has 0 unspecified atom stereocenters. The van der Waals surface area contributed by atoms with E-state index in [1.807, 2.05) is 0 Å². The lowest BCUT2D eigenvalue weighted by Crippen LogP contribution is -2.67. The van der Waals surface area contributed by atoms with E-state index < -0.39 is 42.5 Å². The van der Waals surface area contributed by atoms with Crippen LogP contribution < -0.4 is 0 Å². The second-order valence-electron chi connectivity index (χ2n) is 19.3. The van der Waals surface area contributed by atoms with E-state index in [1.165, 1.54) is 39.2 Å². The monoisotopic (exact) mass is 742 g/mol. The Hall–Kier alpha value is -2.46. The van der Waals surface area contributed by atoms with Crippen molar-refractivity contribution in [3.8, 4) is 0 Å². The summed E-state index contributed by atoms with van der Waals surface area (Å²) in [5, 5.41) is 0. The Morgan fingerprint density at radius 3 is 1.92 bits per heavy atom. The minimum absolute atomic E-state index is 0.0371. The molecule has 0 amide bonds. The van der Waals surface area contributed by atoms with Crippen molar-refractivity contribution >= 4 is 23.9 Å². The minimum atomic E-state index is -1.10. The van der Waals surface area contributed by atoms with Crippen LogP contribution in [0.1, 0.15) is 133 Å². The Labute approximate surface area is 317 Å². The second-order valence-corrected chi connectivity index (χ2v) is 19.3.